The predicted octanol–water partition coefficient (Wildman–Crippen LogP) is 2.37. The highest BCUT2D eigenvalue weighted by Crippen LogP contribution is 2.37. The van der Waals surface area contributed by atoms with Gasteiger partial charge in [0.15, 0.2) is 5.96 Å². The molecular formula is C13H25N3. The lowest BCUT2D eigenvalue weighted by atomic mass is 9.74. The second-order valence-electron chi connectivity index (χ2n) is 5.41. The van der Waals surface area contributed by atoms with Crippen LogP contribution in [0.1, 0.15) is 52.4 Å². The Kier molecular flexibility index (Phi) is 3.41. The summed E-state index contributed by atoms with van der Waals surface area (Å²) in [5, 5.41) is 0. The maximum atomic E-state index is 6.04. The first kappa shape index (κ1) is 11.7. The van der Waals surface area contributed by atoms with E-state index in [1.165, 1.54) is 38.5 Å². The molecule has 0 aromatic carbocycles. The Hall–Kier alpha value is -0.730. The lowest BCUT2D eigenvalue weighted by Crippen LogP contribution is -2.46. The van der Waals surface area contributed by atoms with Crippen molar-refractivity contribution >= 4 is 5.96 Å². The normalized spacial score (nSPS) is 25.9. The van der Waals surface area contributed by atoms with Gasteiger partial charge in [-0.15, -0.1) is 0 Å². The zero-order chi connectivity index (χ0) is 11.6. The predicted molar refractivity (Wildman–Crippen MR) is 68.5 cm³/mol. The molecule has 2 N–H and O–H groups in total. The number of nitrogens with zero attached hydrogens (tertiary/aromatic N) is 2. The van der Waals surface area contributed by atoms with Gasteiger partial charge < -0.3 is 10.6 Å². The Morgan fingerprint density at radius 1 is 1.25 bits per heavy atom. The van der Waals surface area contributed by atoms with Crippen molar-refractivity contribution in [2.45, 2.75) is 58.4 Å². The highest BCUT2D eigenvalue weighted by Gasteiger charge is 2.32. The van der Waals surface area contributed by atoms with E-state index in [1.807, 2.05) is 0 Å². The number of aliphatic imine (C=N–C) groups is 1. The molecule has 1 heterocycles. The fourth-order valence-electron chi connectivity index (χ4n) is 2.64. The van der Waals surface area contributed by atoms with Crippen LogP contribution in [0.4, 0.5) is 0 Å². The van der Waals surface area contributed by atoms with E-state index in [-0.39, 0.29) is 0 Å². The van der Waals surface area contributed by atoms with Gasteiger partial charge in [-0.1, -0.05) is 26.7 Å². The molecule has 0 amide bonds. The van der Waals surface area contributed by atoms with Crippen molar-refractivity contribution in [1.29, 1.82) is 0 Å². The van der Waals surface area contributed by atoms with Gasteiger partial charge in [-0.05, 0) is 31.1 Å². The van der Waals surface area contributed by atoms with Gasteiger partial charge in [-0.2, -0.15) is 0 Å². The number of piperidine rings is 1. The summed E-state index contributed by atoms with van der Waals surface area (Å²) in [7, 11) is 0. The van der Waals surface area contributed by atoms with Crippen molar-refractivity contribution in [3.05, 3.63) is 0 Å². The monoisotopic (exact) mass is 223 g/mol. The van der Waals surface area contributed by atoms with E-state index < -0.39 is 0 Å². The van der Waals surface area contributed by atoms with Gasteiger partial charge in [0, 0.05) is 13.1 Å². The molecule has 0 spiro atoms. The maximum Gasteiger partial charge on any atom is 0.191 e. The molecule has 3 heteroatoms. The van der Waals surface area contributed by atoms with Crippen LogP contribution in [-0.2, 0) is 0 Å². The largest absolute Gasteiger partial charge is 0.370 e. The maximum absolute atomic E-state index is 6.04. The quantitative estimate of drug-likeness (QED) is 0.589. The smallest absolute Gasteiger partial charge is 0.191 e. The van der Waals surface area contributed by atoms with Gasteiger partial charge in [0.2, 0.25) is 0 Å². The number of rotatable bonds is 3. The van der Waals surface area contributed by atoms with Crippen LogP contribution in [0.15, 0.2) is 4.99 Å². The Morgan fingerprint density at radius 3 is 2.25 bits per heavy atom. The van der Waals surface area contributed by atoms with Crippen LogP contribution in [0.25, 0.3) is 0 Å². The van der Waals surface area contributed by atoms with Gasteiger partial charge in [-0.25, -0.2) is 4.99 Å². The average molecular weight is 223 g/mol. The van der Waals surface area contributed by atoms with Crippen LogP contribution in [0.5, 0.6) is 0 Å². The second kappa shape index (κ2) is 4.64. The molecule has 0 aromatic rings. The van der Waals surface area contributed by atoms with Gasteiger partial charge in [-0.3, -0.25) is 0 Å². The van der Waals surface area contributed by atoms with E-state index in [9.17, 15) is 0 Å². The van der Waals surface area contributed by atoms with Crippen LogP contribution >= 0.6 is 0 Å². The summed E-state index contributed by atoms with van der Waals surface area (Å²) >= 11 is 0. The summed E-state index contributed by atoms with van der Waals surface area (Å²) < 4.78 is 0. The van der Waals surface area contributed by atoms with Gasteiger partial charge >= 0.3 is 0 Å². The third-order valence-electron chi connectivity index (χ3n) is 4.51. The number of nitrogens with two attached hydrogens (primary N) is 1. The minimum atomic E-state index is 0.545. The molecular weight excluding hydrogens is 198 g/mol. The van der Waals surface area contributed by atoms with Crippen LogP contribution in [-0.4, -0.2) is 30.0 Å². The SMILES string of the molecule is CCC1(CC)CCN(C(N)=NC2CC2)CC1. The minimum Gasteiger partial charge on any atom is -0.370 e. The molecule has 0 aromatic heterocycles. The Labute approximate surface area is 99.1 Å². The van der Waals surface area contributed by atoms with E-state index >= 15 is 0 Å². The topological polar surface area (TPSA) is 41.6 Å². The number of hydrogen-bond donors (Lipinski definition) is 1. The van der Waals surface area contributed by atoms with Crippen LogP contribution < -0.4 is 5.73 Å². The molecule has 1 saturated heterocycles. The molecule has 2 fully saturated rings. The summed E-state index contributed by atoms with van der Waals surface area (Å²) in [6.45, 7) is 6.84. The first-order valence-electron chi connectivity index (χ1n) is 6.77. The summed E-state index contributed by atoms with van der Waals surface area (Å²) in [4.78, 5) is 6.81. The van der Waals surface area contributed by atoms with Crippen LogP contribution in [0, 0.1) is 5.41 Å². The van der Waals surface area contributed by atoms with Crippen molar-refractivity contribution < 1.29 is 0 Å². The Morgan fingerprint density at radius 2 is 1.81 bits per heavy atom. The number of hydrogen-bond acceptors (Lipinski definition) is 1. The molecule has 1 saturated carbocycles. The third-order valence-corrected chi connectivity index (χ3v) is 4.51. The van der Waals surface area contributed by atoms with E-state index in [4.69, 9.17) is 5.73 Å². The fraction of sp³-hybridized carbons (Fsp3) is 0.923. The van der Waals surface area contributed by atoms with Crippen LogP contribution in [0.3, 0.4) is 0 Å². The zero-order valence-corrected chi connectivity index (χ0v) is 10.7. The summed E-state index contributed by atoms with van der Waals surface area (Å²) in [6, 6.07) is 0.545. The molecule has 1 aliphatic carbocycles. The van der Waals surface area contributed by atoms with E-state index in [1.54, 1.807) is 0 Å². The van der Waals surface area contributed by atoms with Gasteiger partial charge in [0.1, 0.15) is 0 Å². The van der Waals surface area contributed by atoms with Gasteiger partial charge in [0.05, 0.1) is 6.04 Å². The lowest BCUT2D eigenvalue weighted by Gasteiger charge is -2.41. The first-order valence-corrected chi connectivity index (χ1v) is 6.77. The molecule has 2 aliphatic rings. The minimum absolute atomic E-state index is 0.545. The Bertz CT molecular complexity index is 254. The molecule has 3 nitrogen and oxygen atoms in total. The highest BCUT2D eigenvalue weighted by molar-refractivity contribution is 5.78. The molecule has 0 unspecified atom stereocenters. The molecule has 16 heavy (non-hydrogen) atoms. The van der Waals surface area contributed by atoms with Crippen LogP contribution in [0.2, 0.25) is 0 Å². The first-order chi connectivity index (χ1) is 7.69. The van der Waals surface area contributed by atoms with Crippen molar-refractivity contribution in [1.82, 2.24) is 4.90 Å². The summed E-state index contributed by atoms with van der Waals surface area (Å²) in [6.07, 6.45) is 7.64. The molecule has 0 atom stereocenters. The molecule has 0 radical (unpaired) electrons. The standard InChI is InChI=1S/C13H25N3/c1-3-13(4-2)7-9-16(10-8-13)12(14)15-11-5-6-11/h11H,3-10H2,1-2H3,(H2,14,15). The number of likely N-dealkylation sites (tertiary alicyclic amines) is 1. The van der Waals surface area contributed by atoms with E-state index in [2.05, 4.69) is 23.7 Å². The van der Waals surface area contributed by atoms with Crippen molar-refractivity contribution in [2.24, 2.45) is 16.1 Å². The average Bonchev–Trinajstić information content (AvgIpc) is 3.13. The molecule has 1 aliphatic heterocycles. The van der Waals surface area contributed by atoms with E-state index in [0.717, 1.165) is 19.0 Å². The molecule has 92 valence electrons. The molecule has 2 rings (SSSR count). The molecule has 0 bridgehead atoms. The summed E-state index contributed by atoms with van der Waals surface area (Å²) in [5.41, 5.74) is 6.62. The third kappa shape index (κ3) is 2.50. The van der Waals surface area contributed by atoms with Crippen molar-refractivity contribution in [2.75, 3.05) is 13.1 Å². The highest BCUT2D eigenvalue weighted by atomic mass is 15.3. The van der Waals surface area contributed by atoms with E-state index in [0.29, 0.717) is 11.5 Å². The lowest BCUT2D eigenvalue weighted by molar-refractivity contribution is 0.135. The Balaban J connectivity index is 1.88. The number of guanidine groups is 1. The zero-order valence-electron chi connectivity index (χ0n) is 10.7. The van der Waals surface area contributed by atoms with Crippen molar-refractivity contribution in [3.63, 3.8) is 0 Å². The summed E-state index contributed by atoms with van der Waals surface area (Å²) in [5.74, 6) is 0.795. The second-order valence-corrected chi connectivity index (χ2v) is 5.41. The van der Waals surface area contributed by atoms with Gasteiger partial charge in [0.25, 0.3) is 0 Å². The van der Waals surface area contributed by atoms with Crippen molar-refractivity contribution in [3.8, 4) is 0 Å². The fourth-order valence-corrected chi connectivity index (χ4v) is 2.64.